The van der Waals surface area contributed by atoms with E-state index in [1.54, 1.807) is 6.20 Å². The maximum atomic E-state index is 14.8. The van der Waals surface area contributed by atoms with Crippen molar-refractivity contribution in [1.29, 1.82) is 0 Å². The van der Waals surface area contributed by atoms with E-state index in [1.165, 1.54) is 19.5 Å². The zero-order valence-electron chi connectivity index (χ0n) is 19.1. The van der Waals surface area contributed by atoms with E-state index < -0.39 is 11.2 Å². The van der Waals surface area contributed by atoms with Gasteiger partial charge in [-0.3, -0.25) is 9.78 Å². The summed E-state index contributed by atoms with van der Waals surface area (Å²) in [5.74, 6) is -0.231. The lowest BCUT2D eigenvalue weighted by Gasteiger charge is -2.48. The number of hydrogen-bond acceptors (Lipinski definition) is 6. The summed E-state index contributed by atoms with van der Waals surface area (Å²) in [5.41, 5.74) is 3.22. The number of amides is 1. The molecule has 2 N–H and O–H groups in total. The Bertz CT molecular complexity index is 1250. The van der Waals surface area contributed by atoms with Crippen molar-refractivity contribution in [2.24, 2.45) is 10.2 Å². The van der Waals surface area contributed by atoms with Crippen molar-refractivity contribution in [2.75, 3.05) is 7.11 Å². The zero-order valence-corrected chi connectivity index (χ0v) is 19.1. The summed E-state index contributed by atoms with van der Waals surface area (Å²) in [4.78, 5) is 17.4. The van der Waals surface area contributed by atoms with Crippen LogP contribution in [0.2, 0.25) is 0 Å². The summed E-state index contributed by atoms with van der Waals surface area (Å²) < 4.78 is 20.2. The molecule has 0 radical (unpaired) electrons. The quantitative estimate of drug-likeness (QED) is 0.728. The number of azo groups is 1. The predicted octanol–water partition coefficient (Wildman–Crippen LogP) is 4.38. The number of rotatable bonds is 4. The zero-order chi connectivity index (χ0) is 23.4. The molecule has 2 aromatic rings. The van der Waals surface area contributed by atoms with Gasteiger partial charge in [0.2, 0.25) is 0 Å². The molecule has 0 fully saturated rings. The number of ether oxygens (including phenoxy) is 1. The Morgan fingerprint density at radius 1 is 1.27 bits per heavy atom. The summed E-state index contributed by atoms with van der Waals surface area (Å²) in [6.07, 6.45) is 5.36. The third kappa shape index (κ3) is 3.15. The second-order valence-electron chi connectivity index (χ2n) is 9.27. The third-order valence-corrected chi connectivity index (χ3v) is 6.76. The number of fused-ring (bicyclic) bond motifs is 1. The van der Waals surface area contributed by atoms with Gasteiger partial charge in [0.25, 0.3) is 5.91 Å². The van der Waals surface area contributed by atoms with Gasteiger partial charge >= 0.3 is 0 Å². The van der Waals surface area contributed by atoms with E-state index in [1.807, 2.05) is 38.1 Å². The molecular weight excluding hydrogens is 421 g/mol. The molecule has 1 aromatic carbocycles. The number of benzene rings is 1. The molecule has 0 spiro atoms. The van der Waals surface area contributed by atoms with E-state index in [4.69, 9.17) is 4.74 Å². The normalized spacial score (nSPS) is 25.1. The van der Waals surface area contributed by atoms with Crippen molar-refractivity contribution in [3.8, 4) is 16.9 Å². The highest BCUT2D eigenvalue weighted by atomic mass is 19.1. The molecule has 1 amide bonds. The lowest BCUT2D eigenvalue weighted by molar-refractivity contribution is -0.120. The number of carbonyl (C=O) groups is 1. The van der Waals surface area contributed by atoms with Crippen LogP contribution < -0.4 is 15.4 Å². The molecule has 2 atom stereocenters. The number of methoxy groups -OCH3 is 1. The fourth-order valence-electron chi connectivity index (χ4n) is 5.40. The highest BCUT2D eigenvalue weighted by Crippen LogP contribution is 2.51. The van der Waals surface area contributed by atoms with Crippen LogP contribution in [-0.2, 0) is 10.2 Å². The monoisotopic (exact) mass is 447 g/mol. The van der Waals surface area contributed by atoms with E-state index in [0.29, 0.717) is 35.3 Å². The van der Waals surface area contributed by atoms with Gasteiger partial charge in [-0.15, -0.1) is 0 Å². The Kier molecular flexibility index (Phi) is 4.84. The molecule has 5 rings (SSSR count). The standard InChI is InChI=1S/C25H26FN5O2/c1-5-25(15-8-6-7-14(9-15)20-17(26)12-27-13-19(20)33-4)16-11-28-31-22(16)29-18-10-24(2,3)30-23(32)21(18)25/h6-9,11-13,22,29H,5,10H2,1-4H3,(H,30,32)/t22?,25-/m0/s1. The second kappa shape index (κ2) is 7.50. The van der Waals surface area contributed by atoms with Gasteiger partial charge in [-0.1, -0.05) is 25.1 Å². The molecule has 0 saturated carbocycles. The van der Waals surface area contributed by atoms with E-state index in [9.17, 15) is 9.18 Å². The fourth-order valence-corrected chi connectivity index (χ4v) is 5.40. The predicted molar refractivity (Wildman–Crippen MR) is 122 cm³/mol. The number of aromatic nitrogens is 1. The van der Waals surface area contributed by atoms with Gasteiger partial charge < -0.3 is 15.4 Å². The van der Waals surface area contributed by atoms with E-state index in [0.717, 1.165) is 16.8 Å². The van der Waals surface area contributed by atoms with Gasteiger partial charge in [0.15, 0.2) is 12.0 Å². The number of nitrogens with zero attached hydrogens (tertiary/aromatic N) is 3. The summed E-state index contributed by atoms with van der Waals surface area (Å²) >= 11 is 0. The lowest BCUT2D eigenvalue weighted by atomic mass is 9.62. The van der Waals surface area contributed by atoms with Gasteiger partial charge in [0.05, 0.1) is 42.3 Å². The highest BCUT2D eigenvalue weighted by Gasteiger charge is 2.53. The number of halogens is 1. The third-order valence-electron chi connectivity index (χ3n) is 6.76. The Labute approximate surface area is 191 Å². The van der Waals surface area contributed by atoms with Crippen LogP contribution in [0, 0.1) is 5.82 Å². The topological polar surface area (TPSA) is 88.0 Å². The van der Waals surface area contributed by atoms with Crippen LogP contribution in [0.1, 0.15) is 39.2 Å². The van der Waals surface area contributed by atoms with Crippen molar-refractivity contribution < 1.29 is 13.9 Å². The van der Waals surface area contributed by atoms with Crippen LogP contribution in [0.15, 0.2) is 69.9 Å². The number of carbonyl (C=O) groups excluding carboxylic acids is 1. The average molecular weight is 448 g/mol. The number of hydrogen-bond donors (Lipinski definition) is 2. The molecule has 4 heterocycles. The van der Waals surface area contributed by atoms with Gasteiger partial charge in [0, 0.05) is 23.2 Å². The summed E-state index contributed by atoms with van der Waals surface area (Å²) in [7, 11) is 1.49. The molecule has 8 heteroatoms. The average Bonchev–Trinajstić information content (AvgIpc) is 3.25. The molecule has 0 saturated heterocycles. The number of pyridine rings is 1. The van der Waals surface area contributed by atoms with Crippen LogP contribution in [0.5, 0.6) is 5.75 Å². The molecule has 170 valence electrons. The largest absolute Gasteiger partial charge is 0.494 e. The first-order valence-corrected chi connectivity index (χ1v) is 11.0. The van der Waals surface area contributed by atoms with Crippen molar-refractivity contribution in [3.63, 3.8) is 0 Å². The van der Waals surface area contributed by atoms with Crippen LogP contribution >= 0.6 is 0 Å². The summed E-state index contributed by atoms with van der Waals surface area (Å²) in [5, 5.41) is 15.2. The Balaban J connectivity index is 1.75. The molecule has 7 nitrogen and oxygen atoms in total. The van der Waals surface area contributed by atoms with Gasteiger partial charge in [-0.05, 0) is 37.5 Å². The summed E-state index contributed by atoms with van der Waals surface area (Å²) in [6.45, 7) is 6.06. The molecule has 0 bridgehead atoms. The van der Waals surface area contributed by atoms with Crippen LogP contribution in [0.25, 0.3) is 11.1 Å². The Hall–Kier alpha value is -3.55. The van der Waals surface area contributed by atoms with E-state index >= 15 is 0 Å². The summed E-state index contributed by atoms with van der Waals surface area (Å²) in [6, 6.07) is 7.64. The molecule has 1 unspecified atom stereocenters. The molecule has 0 aliphatic carbocycles. The molecule has 3 aliphatic rings. The SMILES string of the molecule is CC[C@]1(c2cccc(-c3c(F)cncc3OC)c2)C2=CN=NC2NC2=C1C(=O)NC(C)(C)C2. The van der Waals surface area contributed by atoms with Crippen molar-refractivity contribution in [3.05, 3.63) is 71.1 Å². The lowest BCUT2D eigenvalue weighted by Crippen LogP contribution is -2.58. The second-order valence-corrected chi connectivity index (χ2v) is 9.27. The number of nitrogens with one attached hydrogen (secondary N) is 2. The van der Waals surface area contributed by atoms with Crippen LogP contribution in [0.3, 0.4) is 0 Å². The van der Waals surface area contributed by atoms with Crippen LogP contribution in [-0.4, -0.2) is 29.7 Å². The fraction of sp³-hybridized carbons (Fsp3) is 0.360. The van der Waals surface area contributed by atoms with Gasteiger partial charge in [-0.2, -0.15) is 10.2 Å². The maximum Gasteiger partial charge on any atom is 0.250 e. The van der Waals surface area contributed by atoms with Gasteiger partial charge in [-0.25, -0.2) is 4.39 Å². The highest BCUT2D eigenvalue weighted by molar-refractivity contribution is 6.00. The van der Waals surface area contributed by atoms with Crippen molar-refractivity contribution in [1.82, 2.24) is 15.6 Å². The first-order chi connectivity index (χ1) is 15.8. The first-order valence-electron chi connectivity index (χ1n) is 11.0. The minimum absolute atomic E-state index is 0.111. The van der Waals surface area contributed by atoms with Crippen LogP contribution in [0.4, 0.5) is 4.39 Å². The molecule has 1 aromatic heterocycles. The minimum Gasteiger partial charge on any atom is -0.494 e. The van der Waals surface area contributed by atoms with Crippen molar-refractivity contribution >= 4 is 5.91 Å². The minimum atomic E-state index is -0.748. The van der Waals surface area contributed by atoms with E-state index in [-0.39, 0.29) is 17.6 Å². The van der Waals surface area contributed by atoms with Gasteiger partial charge in [0.1, 0.15) is 5.75 Å². The first kappa shape index (κ1) is 21.3. The maximum absolute atomic E-state index is 14.8. The van der Waals surface area contributed by atoms with E-state index in [2.05, 4.69) is 32.8 Å². The molecular formula is C25H26FN5O2. The molecule has 3 aliphatic heterocycles. The van der Waals surface area contributed by atoms with Crippen molar-refractivity contribution in [2.45, 2.75) is 50.7 Å². The Morgan fingerprint density at radius 3 is 2.85 bits per heavy atom. The molecule has 33 heavy (non-hydrogen) atoms. The Morgan fingerprint density at radius 2 is 2.09 bits per heavy atom. The smallest absolute Gasteiger partial charge is 0.250 e.